The van der Waals surface area contributed by atoms with Crippen molar-refractivity contribution in [2.75, 3.05) is 5.32 Å². The van der Waals surface area contributed by atoms with Gasteiger partial charge in [-0.05, 0) is 42.3 Å². The van der Waals surface area contributed by atoms with Crippen molar-refractivity contribution in [2.24, 2.45) is 0 Å². The van der Waals surface area contributed by atoms with Crippen molar-refractivity contribution in [1.29, 1.82) is 0 Å². The maximum absolute atomic E-state index is 5.83. The van der Waals surface area contributed by atoms with Crippen LogP contribution in [-0.2, 0) is 6.54 Å². The zero-order valence-electron chi connectivity index (χ0n) is 9.20. The molecule has 0 bridgehead atoms. The lowest BCUT2D eigenvalue weighted by molar-refractivity contribution is 1.15. The van der Waals surface area contributed by atoms with Crippen LogP contribution in [-0.4, -0.2) is 0 Å². The van der Waals surface area contributed by atoms with E-state index in [1.807, 2.05) is 24.3 Å². The fourth-order valence-corrected chi connectivity index (χ4v) is 1.69. The molecule has 0 unspecified atom stereocenters. The lowest BCUT2D eigenvalue weighted by Gasteiger charge is -2.07. The van der Waals surface area contributed by atoms with Gasteiger partial charge >= 0.3 is 0 Å². The summed E-state index contributed by atoms with van der Waals surface area (Å²) in [6, 6.07) is 16.2. The average molecular weight is 232 g/mol. The smallest absolute Gasteiger partial charge is 0.0406 e. The first-order valence-corrected chi connectivity index (χ1v) is 5.67. The van der Waals surface area contributed by atoms with Crippen molar-refractivity contribution < 1.29 is 0 Å². The van der Waals surface area contributed by atoms with Gasteiger partial charge in [-0.2, -0.15) is 0 Å². The van der Waals surface area contributed by atoms with Crippen LogP contribution in [0.25, 0.3) is 0 Å². The van der Waals surface area contributed by atoms with Crippen molar-refractivity contribution >= 4 is 17.3 Å². The first-order valence-electron chi connectivity index (χ1n) is 5.29. The molecule has 16 heavy (non-hydrogen) atoms. The van der Waals surface area contributed by atoms with E-state index >= 15 is 0 Å². The van der Waals surface area contributed by atoms with E-state index in [-0.39, 0.29) is 0 Å². The molecular formula is C14H14ClN. The minimum atomic E-state index is 0.777. The number of benzene rings is 2. The first kappa shape index (κ1) is 11.0. The minimum absolute atomic E-state index is 0.777. The molecule has 2 aromatic carbocycles. The average Bonchev–Trinajstić information content (AvgIpc) is 2.28. The monoisotopic (exact) mass is 231 g/mol. The van der Waals surface area contributed by atoms with Crippen molar-refractivity contribution in [3.8, 4) is 0 Å². The Labute approximate surface area is 101 Å². The van der Waals surface area contributed by atoms with E-state index in [0.717, 1.165) is 17.3 Å². The molecule has 0 fully saturated rings. The van der Waals surface area contributed by atoms with E-state index in [4.69, 9.17) is 11.6 Å². The molecule has 0 aliphatic carbocycles. The quantitative estimate of drug-likeness (QED) is 0.832. The van der Waals surface area contributed by atoms with E-state index in [1.165, 1.54) is 11.1 Å². The third-order valence-corrected chi connectivity index (χ3v) is 2.68. The molecule has 0 spiro atoms. The molecule has 0 amide bonds. The lowest BCUT2D eigenvalue weighted by atomic mass is 10.2. The lowest BCUT2D eigenvalue weighted by Crippen LogP contribution is -1.98. The fraction of sp³-hybridized carbons (Fsp3) is 0.143. The van der Waals surface area contributed by atoms with E-state index < -0.39 is 0 Å². The van der Waals surface area contributed by atoms with Gasteiger partial charge < -0.3 is 5.32 Å². The molecule has 2 aromatic rings. The summed E-state index contributed by atoms with van der Waals surface area (Å²) < 4.78 is 0. The molecular weight excluding hydrogens is 218 g/mol. The Morgan fingerprint density at radius 3 is 2.50 bits per heavy atom. The normalized spacial score (nSPS) is 10.1. The summed E-state index contributed by atoms with van der Waals surface area (Å²) in [7, 11) is 0. The van der Waals surface area contributed by atoms with Crippen LogP contribution in [0.2, 0.25) is 5.02 Å². The highest BCUT2D eigenvalue weighted by molar-refractivity contribution is 6.30. The second-order valence-corrected chi connectivity index (χ2v) is 4.29. The minimum Gasteiger partial charge on any atom is -0.381 e. The predicted octanol–water partition coefficient (Wildman–Crippen LogP) is 4.26. The summed E-state index contributed by atoms with van der Waals surface area (Å²) >= 11 is 5.83. The Hall–Kier alpha value is -1.47. The maximum Gasteiger partial charge on any atom is 0.0406 e. The van der Waals surface area contributed by atoms with Gasteiger partial charge in [0.25, 0.3) is 0 Å². The number of aryl methyl sites for hydroxylation is 1. The van der Waals surface area contributed by atoms with Gasteiger partial charge in [0.15, 0.2) is 0 Å². The first-order chi connectivity index (χ1) is 7.74. The van der Waals surface area contributed by atoms with Crippen LogP contribution in [0.5, 0.6) is 0 Å². The topological polar surface area (TPSA) is 12.0 Å². The third kappa shape index (κ3) is 3.01. The number of rotatable bonds is 3. The van der Waals surface area contributed by atoms with E-state index in [0.29, 0.717) is 0 Å². The van der Waals surface area contributed by atoms with Gasteiger partial charge in [-0.15, -0.1) is 0 Å². The zero-order valence-corrected chi connectivity index (χ0v) is 9.96. The van der Waals surface area contributed by atoms with Crippen LogP contribution >= 0.6 is 11.6 Å². The second-order valence-electron chi connectivity index (χ2n) is 3.85. The SMILES string of the molecule is Cc1cccc(NCc2ccc(Cl)cc2)c1. The predicted molar refractivity (Wildman–Crippen MR) is 70.0 cm³/mol. The van der Waals surface area contributed by atoms with Crippen molar-refractivity contribution in [3.05, 3.63) is 64.7 Å². The van der Waals surface area contributed by atoms with Gasteiger partial charge in [0.2, 0.25) is 0 Å². The van der Waals surface area contributed by atoms with Crippen LogP contribution in [0, 0.1) is 6.92 Å². The van der Waals surface area contributed by atoms with Crippen LogP contribution in [0.4, 0.5) is 5.69 Å². The van der Waals surface area contributed by atoms with Crippen LogP contribution in [0.15, 0.2) is 48.5 Å². The molecule has 0 aliphatic rings. The van der Waals surface area contributed by atoms with Crippen molar-refractivity contribution in [3.63, 3.8) is 0 Å². The van der Waals surface area contributed by atoms with Crippen molar-refractivity contribution in [1.82, 2.24) is 0 Å². The highest BCUT2D eigenvalue weighted by atomic mass is 35.5. The van der Waals surface area contributed by atoms with Gasteiger partial charge in [-0.25, -0.2) is 0 Å². The number of nitrogens with one attached hydrogen (secondary N) is 1. The molecule has 2 heteroatoms. The maximum atomic E-state index is 5.83. The van der Waals surface area contributed by atoms with E-state index in [1.54, 1.807) is 0 Å². The summed E-state index contributed by atoms with van der Waals surface area (Å²) in [5.74, 6) is 0. The van der Waals surface area contributed by atoms with Crippen LogP contribution in [0.1, 0.15) is 11.1 Å². The fourth-order valence-electron chi connectivity index (χ4n) is 1.56. The summed E-state index contributed by atoms with van der Waals surface area (Å²) in [6.45, 7) is 2.91. The van der Waals surface area contributed by atoms with Gasteiger partial charge in [-0.3, -0.25) is 0 Å². The molecule has 1 N–H and O–H groups in total. The van der Waals surface area contributed by atoms with Crippen molar-refractivity contribution in [2.45, 2.75) is 13.5 Å². The van der Waals surface area contributed by atoms with E-state index in [9.17, 15) is 0 Å². The van der Waals surface area contributed by atoms with Crippen LogP contribution < -0.4 is 5.32 Å². The van der Waals surface area contributed by atoms with Gasteiger partial charge in [-0.1, -0.05) is 35.9 Å². The Bertz CT molecular complexity index is 462. The van der Waals surface area contributed by atoms with Gasteiger partial charge in [0.05, 0.1) is 0 Å². The molecule has 0 radical (unpaired) electrons. The number of anilines is 1. The van der Waals surface area contributed by atoms with Gasteiger partial charge in [0, 0.05) is 17.3 Å². The Balaban J connectivity index is 1.99. The van der Waals surface area contributed by atoms with Crippen LogP contribution in [0.3, 0.4) is 0 Å². The molecule has 0 aromatic heterocycles. The summed E-state index contributed by atoms with van der Waals surface area (Å²) in [5.41, 5.74) is 3.64. The molecule has 1 nitrogen and oxygen atoms in total. The summed E-state index contributed by atoms with van der Waals surface area (Å²) in [5, 5.41) is 4.16. The molecule has 0 saturated heterocycles. The molecule has 82 valence electrons. The third-order valence-electron chi connectivity index (χ3n) is 2.43. The number of hydrogen-bond donors (Lipinski definition) is 1. The summed E-state index contributed by atoms with van der Waals surface area (Å²) in [6.07, 6.45) is 0. The Morgan fingerprint density at radius 2 is 1.81 bits per heavy atom. The molecule has 0 atom stereocenters. The number of halogens is 1. The molecule has 0 heterocycles. The number of hydrogen-bond acceptors (Lipinski definition) is 1. The standard InChI is InChI=1S/C14H14ClN/c1-11-3-2-4-14(9-11)16-10-12-5-7-13(15)8-6-12/h2-9,16H,10H2,1H3. The van der Waals surface area contributed by atoms with E-state index in [2.05, 4.69) is 36.5 Å². The highest BCUT2D eigenvalue weighted by Gasteiger charge is 1.94. The van der Waals surface area contributed by atoms with Gasteiger partial charge in [0.1, 0.15) is 0 Å². The molecule has 0 aliphatic heterocycles. The molecule has 2 rings (SSSR count). The Morgan fingerprint density at radius 1 is 1.06 bits per heavy atom. The Kier molecular flexibility index (Phi) is 3.47. The molecule has 0 saturated carbocycles. The summed E-state index contributed by atoms with van der Waals surface area (Å²) in [4.78, 5) is 0. The zero-order chi connectivity index (χ0) is 11.4. The highest BCUT2D eigenvalue weighted by Crippen LogP contribution is 2.13. The largest absolute Gasteiger partial charge is 0.381 e. The second kappa shape index (κ2) is 5.04.